The van der Waals surface area contributed by atoms with Gasteiger partial charge in [0, 0.05) is 35.6 Å². The molecule has 2 aromatic rings. The molecule has 0 saturated heterocycles. The molecule has 0 saturated carbocycles. The Hall–Kier alpha value is -3.46. The van der Waals surface area contributed by atoms with Crippen molar-refractivity contribution in [1.29, 1.82) is 5.26 Å². The van der Waals surface area contributed by atoms with Gasteiger partial charge in [0.1, 0.15) is 11.6 Å². The van der Waals surface area contributed by atoms with Crippen LogP contribution in [-0.2, 0) is 6.54 Å². The predicted molar refractivity (Wildman–Crippen MR) is 95.1 cm³/mol. The molecule has 0 aliphatic carbocycles. The van der Waals surface area contributed by atoms with Gasteiger partial charge in [0.2, 0.25) is 5.78 Å². The molecule has 0 amide bonds. The van der Waals surface area contributed by atoms with Crippen molar-refractivity contribution in [3.8, 4) is 6.07 Å². The molecule has 126 valence electrons. The van der Waals surface area contributed by atoms with Crippen LogP contribution < -0.4 is 0 Å². The predicted octanol–water partition coefficient (Wildman–Crippen LogP) is 3.99. The highest BCUT2D eigenvalue weighted by molar-refractivity contribution is 6.14. The van der Waals surface area contributed by atoms with Crippen LogP contribution in [0.25, 0.3) is 6.08 Å². The number of aryl methyl sites for hydroxylation is 1. The van der Waals surface area contributed by atoms with Gasteiger partial charge in [0.15, 0.2) is 0 Å². The summed E-state index contributed by atoms with van der Waals surface area (Å²) >= 11 is 0. The highest BCUT2D eigenvalue weighted by Gasteiger charge is 2.19. The first-order chi connectivity index (χ1) is 11.9. The molecule has 1 aromatic heterocycles. The summed E-state index contributed by atoms with van der Waals surface area (Å²) in [5.74, 6) is -0.371. The maximum atomic E-state index is 12.7. The largest absolute Gasteiger partial charge is 0.345 e. The third-order valence-electron chi connectivity index (χ3n) is 3.91. The van der Waals surface area contributed by atoms with Crippen LogP contribution in [0.1, 0.15) is 27.3 Å². The molecular weight excluding hydrogens is 318 g/mol. The van der Waals surface area contributed by atoms with E-state index in [0.29, 0.717) is 17.7 Å². The first kappa shape index (κ1) is 17.9. The third-order valence-corrected chi connectivity index (χ3v) is 3.91. The fraction of sp³-hybridized carbons (Fsp3) is 0.158. The summed E-state index contributed by atoms with van der Waals surface area (Å²) in [7, 11) is 0. The molecule has 1 heterocycles. The second-order valence-corrected chi connectivity index (χ2v) is 5.53. The number of rotatable bonds is 6. The molecule has 2 rings (SSSR count). The Balaban J connectivity index is 2.39. The number of nitro benzene ring substituents is 1. The van der Waals surface area contributed by atoms with Crippen molar-refractivity contribution in [2.45, 2.75) is 20.4 Å². The average molecular weight is 335 g/mol. The molecule has 6 heteroatoms. The number of hydrogen-bond donors (Lipinski definition) is 0. The van der Waals surface area contributed by atoms with Crippen molar-refractivity contribution in [1.82, 2.24) is 4.57 Å². The lowest BCUT2D eigenvalue weighted by Crippen LogP contribution is -2.05. The maximum absolute atomic E-state index is 12.7. The summed E-state index contributed by atoms with van der Waals surface area (Å²) < 4.78 is 1.95. The lowest BCUT2D eigenvalue weighted by Gasteiger charge is -2.06. The molecule has 25 heavy (non-hydrogen) atoms. The quantitative estimate of drug-likeness (QED) is 0.199. The number of non-ortho nitro benzene ring substituents is 1. The van der Waals surface area contributed by atoms with Crippen molar-refractivity contribution in [2.24, 2.45) is 0 Å². The molecule has 0 bridgehead atoms. The summed E-state index contributed by atoms with van der Waals surface area (Å²) in [5, 5.41) is 20.0. The molecule has 6 nitrogen and oxygen atoms in total. The third kappa shape index (κ3) is 3.72. The molecule has 0 fully saturated rings. The number of hydrogen-bond acceptors (Lipinski definition) is 4. The Labute approximate surface area is 145 Å². The van der Waals surface area contributed by atoms with E-state index in [1.165, 1.54) is 30.3 Å². The zero-order chi connectivity index (χ0) is 18.6. The summed E-state index contributed by atoms with van der Waals surface area (Å²) in [6.07, 6.45) is 3.18. The Bertz CT molecular complexity index is 913. The minimum atomic E-state index is -0.502. The van der Waals surface area contributed by atoms with Crippen LogP contribution in [0.3, 0.4) is 0 Å². The van der Waals surface area contributed by atoms with E-state index in [2.05, 4.69) is 6.58 Å². The number of allylic oxidation sites excluding steroid dienone is 2. The van der Waals surface area contributed by atoms with Gasteiger partial charge in [-0.1, -0.05) is 6.08 Å². The van der Waals surface area contributed by atoms with E-state index in [-0.39, 0.29) is 17.0 Å². The van der Waals surface area contributed by atoms with Gasteiger partial charge in [-0.25, -0.2) is 0 Å². The zero-order valence-electron chi connectivity index (χ0n) is 14.0. The highest BCUT2D eigenvalue weighted by Crippen LogP contribution is 2.21. The fourth-order valence-electron chi connectivity index (χ4n) is 2.59. The number of carbonyl (C=O) groups excluding carboxylic acids is 1. The van der Waals surface area contributed by atoms with E-state index in [1.54, 1.807) is 12.1 Å². The lowest BCUT2D eigenvalue weighted by atomic mass is 10.0. The van der Waals surface area contributed by atoms with Crippen LogP contribution >= 0.6 is 0 Å². The molecule has 0 N–H and O–H groups in total. The van der Waals surface area contributed by atoms with Crippen molar-refractivity contribution >= 4 is 17.5 Å². The number of aromatic nitrogens is 1. The minimum Gasteiger partial charge on any atom is -0.345 e. The van der Waals surface area contributed by atoms with E-state index in [1.807, 2.05) is 24.5 Å². The van der Waals surface area contributed by atoms with Gasteiger partial charge in [-0.05, 0) is 43.7 Å². The first-order valence-electron chi connectivity index (χ1n) is 7.57. The smallest absolute Gasteiger partial charge is 0.269 e. The fourth-order valence-corrected chi connectivity index (χ4v) is 2.59. The Morgan fingerprint density at radius 3 is 2.52 bits per heavy atom. The maximum Gasteiger partial charge on any atom is 0.269 e. The molecule has 1 aromatic carbocycles. The van der Waals surface area contributed by atoms with E-state index >= 15 is 0 Å². The molecule has 0 aliphatic rings. The van der Waals surface area contributed by atoms with Crippen LogP contribution in [0, 0.1) is 35.3 Å². The summed E-state index contributed by atoms with van der Waals surface area (Å²) in [4.78, 5) is 22.9. The van der Waals surface area contributed by atoms with E-state index < -0.39 is 4.92 Å². The van der Waals surface area contributed by atoms with Gasteiger partial charge < -0.3 is 4.57 Å². The van der Waals surface area contributed by atoms with Gasteiger partial charge in [-0.15, -0.1) is 6.58 Å². The van der Waals surface area contributed by atoms with E-state index in [9.17, 15) is 20.2 Å². The number of nitro groups is 1. The normalized spacial score (nSPS) is 11.0. The van der Waals surface area contributed by atoms with Crippen molar-refractivity contribution < 1.29 is 9.72 Å². The molecule has 0 aliphatic heterocycles. The van der Waals surface area contributed by atoms with Gasteiger partial charge >= 0.3 is 0 Å². The number of ketones is 1. The van der Waals surface area contributed by atoms with Crippen LogP contribution in [0.2, 0.25) is 0 Å². The Kier molecular flexibility index (Phi) is 5.30. The number of Topliss-reactive ketones (excluding diaryl/α,β-unsaturated/α-hetero) is 1. The molecule has 0 spiro atoms. The molecule has 0 atom stereocenters. The Morgan fingerprint density at radius 1 is 1.36 bits per heavy atom. The highest BCUT2D eigenvalue weighted by atomic mass is 16.6. The minimum absolute atomic E-state index is 0.0206. The van der Waals surface area contributed by atoms with Crippen molar-refractivity contribution in [3.63, 3.8) is 0 Å². The van der Waals surface area contributed by atoms with Crippen LogP contribution in [0.5, 0.6) is 0 Å². The standard InChI is InChI=1S/C19H17N3O3/c1-4-9-21-13(2)10-18(14(21)3)19(23)16(12-20)11-15-5-7-17(8-6-15)22(24)25/h4-8,10-11H,1,9H2,2-3H3/b16-11+. The van der Waals surface area contributed by atoms with Crippen LogP contribution in [-0.4, -0.2) is 15.3 Å². The number of nitriles is 1. The summed E-state index contributed by atoms with van der Waals surface area (Å²) in [5.41, 5.74) is 2.63. The summed E-state index contributed by atoms with van der Waals surface area (Å²) in [6, 6.07) is 9.35. The SMILES string of the molecule is C=CCn1c(C)cc(C(=O)/C(C#N)=C/c2ccc([N+](=O)[O-])cc2)c1C. The molecule has 0 radical (unpaired) electrons. The zero-order valence-corrected chi connectivity index (χ0v) is 14.0. The molecular formula is C19H17N3O3. The Morgan fingerprint density at radius 2 is 2.00 bits per heavy atom. The monoisotopic (exact) mass is 335 g/mol. The van der Waals surface area contributed by atoms with Crippen LogP contribution in [0.4, 0.5) is 5.69 Å². The average Bonchev–Trinajstić information content (AvgIpc) is 2.88. The van der Waals surface area contributed by atoms with Crippen LogP contribution in [0.15, 0.2) is 48.6 Å². The second kappa shape index (κ2) is 7.41. The van der Waals surface area contributed by atoms with Gasteiger partial charge in [0.05, 0.1) is 4.92 Å². The van der Waals surface area contributed by atoms with Crippen molar-refractivity contribution in [2.75, 3.05) is 0 Å². The second-order valence-electron chi connectivity index (χ2n) is 5.53. The van der Waals surface area contributed by atoms with Gasteiger partial charge in [-0.2, -0.15) is 5.26 Å². The first-order valence-corrected chi connectivity index (χ1v) is 7.57. The van der Waals surface area contributed by atoms with Gasteiger partial charge in [-0.3, -0.25) is 14.9 Å². The van der Waals surface area contributed by atoms with Crippen molar-refractivity contribution in [3.05, 3.63) is 81.2 Å². The van der Waals surface area contributed by atoms with E-state index in [0.717, 1.165) is 11.4 Å². The summed E-state index contributed by atoms with van der Waals surface area (Å²) in [6.45, 7) is 8.00. The molecule has 0 unspecified atom stereocenters. The van der Waals surface area contributed by atoms with Gasteiger partial charge in [0.25, 0.3) is 5.69 Å². The van der Waals surface area contributed by atoms with E-state index in [4.69, 9.17) is 0 Å². The lowest BCUT2D eigenvalue weighted by molar-refractivity contribution is -0.384. The topological polar surface area (TPSA) is 88.9 Å². The number of nitrogens with zero attached hydrogens (tertiary/aromatic N) is 3. The number of benzene rings is 1. The number of carbonyl (C=O) groups is 1.